The van der Waals surface area contributed by atoms with Crippen LogP contribution in [0.5, 0.6) is 0 Å². The molecule has 0 spiro atoms. The highest BCUT2D eigenvalue weighted by molar-refractivity contribution is 6.20. The fraction of sp³-hybridized carbons (Fsp3) is 0.221. The van der Waals surface area contributed by atoms with Gasteiger partial charge in [0.15, 0.2) is 24.8 Å². The molecule has 596 valence electrons. The molecule has 0 aliphatic heterocycles. The molecule has 0 N–H and O–H groups in total. The highest BCUT2D eigenvalue weighted by atomic mass is 16.3. The highest BCUT2D eigenvalue weighted by Crippen LogP contribution is 2.45. The minimum absolute atomic E-state index is 0.0940. The van der Waals surface area contributed by atoms with E-state index in [4.69, 9.17) is 25.9 Å². The zero-order valence-electron chi connectivity index (χ0n) is 76.7. The van der Waals surface area contributed by atoms with Gasteiger partial charge in [-0.1, -0.05) is 223 Å². The SMILES string of the molecule is Cc1ccc2c(oc3c4ccccc4ccc23)c1-c1c2ccccc2cc[n+]1C.[2H]C([2H])(c1cc[n+](C)c(-c2cc3c(cc2C)oc2c4ccccc4ccc32)c1)C(C)C.[2H]C([2H])(c1cc[n+](C)c(-c2cc3c(cc2C)oc2c4ccccc4ccc32)c1)C1CCCC1.[2H]C([2H])(c1cc[n+](C)c(-c2cc3c(cc2C)oc2c4ccccc4ccc32)c1)C1CCCCC1. The lowest BCUT2D eigenvalue weighted by molar-refractivity contribution is -0.660. The Kier molecular flexibility index (Phi) is 18.4. The quantitative estimate of drug-likeness (QED) is 0.128. The lowest BCUT2D eigenvalue weighted by Crippen LogP contribution is -2.31. The van der Waals surface area contributed by atoms with E-state index in [1.807, 2.05) is 90.0 Å². The maximum absolute atomic E-state index is 8.98. The second-order valence-electron chi connectivity index (χ2n) is 34.2. The van der Waals surface area contributed by atoms with E-state index in [9.17, 15) is 0 Å². The van der Waals surface area contributed by atoms with Crippen LogP contribution in [0.15, 0.2) is 303 Å². The Morgan fingerprint density at radius 2 is 0.620 bits per heavy atom. The van der Waals surface area contributed by atoms with E-state index in [1.165, 1.54) is 66.3 Å². The minimum Gasteiger partial charge on any atom is -0.455 e. The summed E-state index contributed by atoms with van der Waals surface area (Å²) in [5.41, 5.74) is 23.0. The van der Waals surface area contributed by atoms with Crippen LogP contribution < -0.4 is 18.3 Å². The average Bonchev–Trinajstić information content (AvgIpc) is 1.62. The van der Waals surface area contributed by atoms with E-state index in [0.717, 1.165) is 211 Å². The van der Waals surface area contributed by atoms with E-state index in [-0.39, 0.29) is 17.8 Å². The summed E-state index contributed by atoms with van der Waals surface area (Å²) < 4.78 is 86.9. The number of hydrogen-bond donors (Lipinski definition) is 0. The lowest BCUT2D eigenvalue weighted by Gasteiger charge is -2.21. The van der Waals surface area contributed by atoms with Gasteiger partial charge in [-0.2, -0.15) is 0 Å². The molecule has 23 rings (SSSR count). The second-order valence-corrected chi connectivity index (χ2v) is 34.2. The molecule has 0 unspecified atom stereocenters. The Labute approximate surface area is 715 Å². The summed E-state index contributed by atoms with van der Waals surface area (Å²) in [5.74, 6) is 0.0898. The van der Waals surface area contributed by atoms with Gasteiger partial charge >= 0.3 is 0 Å². The van der Waals surface area contributed by atoms with Crippen molar-refractivity contribution in [2.45, 2.75) is 118 Å². The lowest BCUT2D eigenvalue weighted by atomic mass is 9.85. The zero-order chi connectivity index (χ0) is 87.6. The Bertz CT molecular complexity index is 7970. The predicted octanol–water partition coefficient (Wildman–Crippen LogP) is 28.4. The molecule has 8 nitrogen and oxygen atoms in total. The van der Waals surface area contributed by atoms with Crippen LogP contribution in [0.1, 0.15) is 119 Å². The Balaban J connectivity index is 0.000000107. The summed E-state index contributed by atoms with van der Waals surface area (Å²) in [4.78, 5) is 0. The van der Waals surface area contributed by atoms with Crippen LogP contribution in [0.4, 0.5) is 0 Å². The van der Waals surface area contributed by atoms with Gasteiger partial charge in [0.2, 0.25) is 22.8 Å². The van der Waals surface area contributed by atoms with Crippen molar-refractivity contribution in [1.29, 1.82) is 0 Å². The van der Waals surface area contributed by atoms with Crippen LogP contribution >= 0.6 is 0 Å². The van der Waals surface area contributed by atoms with E-state index >= 15 is 0 Å². The van der Waals surface area contributed by atoms with Crippen molar-refractivity contribution in [3.63, 3.8) is 0 Å². The van der Waals surface area contributed by atoms with Gasteiger partial charge in [0.05, 0.1) is 10.9 Å². The second kappa shape index (κ2) is 31.9. The van der Waals surface area contributed by atoms with Crippen molar-refractivity contribution >= 4 is 142 Å². The molecule has 0 radical (unpaired) electrons. The van der Waals surface area contributed by atoms with Gasteiger partial charge < -0.3 is 17.7 Å². The van der Waals surface area contributed by atoms with Gasteiger partial charge in [-0.05, 0) is 197 Å². The van der Waals surface area contributed by atoms with Crippen LogP contribution in [-0.2, 0) is 47.3 Å². The number of nitrogens with zero attached hydrogens (tertiary/aromatic N) is 4. The van der Waals surface area contributed by atoms with Crippen LogP contribution in [0.2, 0.25) is 0 Å². The third-order valence-corrected chi connectivity index (χ3v) is 25.6. The molecule has 0 amide bonds. The molecule has 8 heteroatoms. The molecular weight excluding hydrogens is 1480 g/mol. The molecule has 2 fully saturated rings. The molecule has 0 atom stereocenters. The number of benzene rings is 13. The summed E-state index contributed by atoms with van der Waals surface area (Å²) in [5, 5.41) is 20.7. The molecule has 121 heavy (non-hydrogen) atoms. The van der Waals surface area contributed by atoms with Gasteiger partial charge in [0.25, 0.3) is 0 Å². The smallest absolute Gasteiger partial charge is 0.224 e. The first-order chi connectivity index (χ1) is 61.4. The minimum atomic E-state index is -1.39. The average molecular weight is 1590 g/mol. The molecule has 8 aromatic heterocycles. The Morgan fingerprint density at radius 3 is 1.02 bits per heavy atom. The molecule has 2 aliphatic carbocycles. The maximum atomic E-state index is 8.98. The number of furan rings is 4. The Hall–Kier alpha value is -13.0. The molecule has 2 aliphatic rings. The van der Waals surface area contributed by atoms with Gasteiger partial charge in [0, 0.05) is 132 Å². The number of rotatable bonds is 10. The maximum Gasteiger partial charge on any atom is 0.224 e. The van der Waals surface area contributed by atoms with Crippen molar-refractivity contribution < 1.29 is 44.2 Å². The third-order valence-electron chi connectivity index (χ3n) is 25.6. The monoisotopic (exact) mass is 1590 g/mol. The number of aryl methyl sites for hydroxylation is 8. The van der Waals surface area contributed by atoms with E-state index in [0.29, 0.717) is 5.56 Å². The molecule has 13 aromatic carbocycles. The highest BCUT2D eigenvalue weighted by Gasteiger charge is 2.28. The first-order valence-electron chi connectivity index (χ1n) is 46.1. The summed E-state index contributed by atoms with van der Waals surface area (Å²) in [6, 6.07) is 90.7. The van der Waals surface area contributed by atoms with Crippen LogP contribution in [-0.4, -0.2) is 0 Å². The molecular formula is C113H104N4O4+4. The van der Waals surface area contributed by atoms with Crippen molar-refractivity contribution in [2.24, 2.45) is 45.9 Å². The van der Waals surface area contributed by atoms with E-state index in [2.05, 4.69) is 284 Å². The standard InChI is InChI=1S/C30H30NO.C29H28NO.C27H20NO.C27H26NO/c1-20-16-29-27(25-13-12-23-10-6-7-11-24(23)30(25)32-29)19-26(20)28-18-22(14-15-31(28)2)17-21-8-4-3-5-9-21;1-19-15-28-26(24-12-11-22-9-5-6-10-23(22)29(24)31-28)18-25(19)27-17-21(13-14-30(27)2)16-20-7-3-4-8-20;1-17-11-13-23-22-14-12-18-7-4-6-10-21(18)26(22)29-27(23)24(17)25-20-9-5-3-8-19(20)15-16-28(25)2;1-17(2)13-19-11-12-28(4)25(15-19)23-16-24-22-10-9-20-7-5-6-8-21(20)27(22)29-26(24)14-18(23)3/h6-7,10-16,18-19,21H,3-5,8-9,17H2,1-2H3;5-6,9-15,17-18,20H,3-4,7-8,16H2,1-2H3;3-16H,1-2H3;5-12,14-17H,13H2,1-4H3/q4*+1/i17D2;16D2;;13D2. The van der Waals surface area contributed by atoms with Gasteiger partial charge in [-0.25, -0.2) is 18.3 Å². The van der Waals surface area contributed by atoms with Crippen molar-refractivity contribution in [3.05, 3.63) is 325 Å². The topological polar surface area (TPSA) is 68.1 Å². The van der Waals surface area contributed by atoms with Gasteiger partial charge in [0.1, 0.15) is 72.9 Å². The summed E-state index contributed by atoms with van der Waals surface area (Å²) in [6.45, 7) is 12.3. The van der Waals surface area contributed by atoms with Crippen LogP contribution in [0.3, 0.4) is 0 Å². The van der Waals surface area contributed by atoms with Gasteiger partial charge in [-0.15, -0.1) is 0 Å². The number of pyridine rings is 4. The van der Waals surface area contributed by atoms with Crippen molar-refractivity contribution in [1.82, 2.24) is 0 Å². The molecule has 8 heterocycles. The normalized spacial score (nSPS) is 14.6. The van der Waals surface area contributed by atoms with Crippen LogP contribution in [0.25, 0.3) is 187 Å². The largest absolute Gasteiger partial charge is 0.455 e. The summed E-state index contributed by atoms with van der Waals surface area (Å²) >= 11 is 0. The summed E-state index contributed by atoms with van der Waals surface area (Å²) in [7, 11) is 8.20. The van der Waals surface area contributed by atoms with E-state index < -0.39 is 19.1 Å². The zero-order valence-corrected chi connectivity index (χ0v) is 70.7. The predicted molar refractivity (Wildman–Crippen MR) is 502 cm³/mol. The molecule has 0 saturated heterocycles. The van der Waals surface area contributed by atoms with Crippen molar-refractivity contribution in [2.75, 3.05) is 0 Å². The van der Waals surface area contributed by atoms with Crippen molar-refractivity contribution in [3.8, 4) is 45.0 Å². The first-order valence-corrected chi connectivity index (χ1v) is 43.1. The fourth-order valence-corrected chi connectivity index (χ4v) is 19.3. The Morgan fingerprint density at radius 1 is 0.298 bits per heavy atom. The molecule has 0 bridgehead atoms. The molecule has 21 aromatic rings. The summed E-state index contributed by atoms with van der Waals surface area (Å²) in [6.07, 6.45) is 13.8. The number of hydrogen-bond acceptors (Lipinski definition) is 4. The van der Waals surface area contributed by atoms with Gasteiger partial charge in [-0.3, -0.25) is 0 Å². The molecule has 2 saturated carbocycles. The number of fused-ring (bicyclic) bond motifs is 21. The first kappa shape index (κ1) is 69.9. The third kappa shape index (κ3) is 14.4. The van der Waals surface area contributed by atoms with E-state index in [1.54, 1.807) is 0 Å². The fourth-order valence-electron chi connectivity index (χ4n) is 19.3. The van der Waals surface area contributed by atoms with Crippen LogP contribution in [0, 0.1) is 45.4 Å². The number of aromatic nitrogens is 4.